The van der Waals surface area contributed by atoms with Crippen molar-refractivity contribution in [2.45, 2.75) is 32.9 Å². The van der Waals surface area contributed by atoms with E-state index in [4.69, 9.17) is 5.84 Å². The topological polar surface area (TPSA) is 73.8 Å². The lowest BCUT2D eigenvalue weighted by molar-refractivity contribution is -0.123. The Labute approximate surface area is 128 Å². The van der Waals surface area contributed by atoms with E-state index in [0.29, 0.717) is 16.7 Å². The van der Waals surface area contributed by atoms with Crippen molar-refractivity contribution < 1.29 is 4.79 Å². The van der Waals surface area contributed by atoms with Gasteiger partial charge in [-0.05, 0) is 6.92 Å². The van der Waals surface area contributed by atoms with Gasteiger partial charge in [0.15, 0.2) is 5.82 Å². The summed E-state index contributed by atoms with van der Waals surface area (Å²) < 4.78 is 1.44. The second-order valence-corrected chi connectivity index (χ2v) is 6.95. The Morgan fingerprint density at radius 1 is 1.24 bits per heavy atom. The van der Waals surface area contributed by atoms with Crippen LogP contribution in [-0.4, -0.2) is 26.4 Å². The average Bonchev–Trinajstić information content (AvgIpc) is 2.77. The molecule has 5 nitrogen and oxygen atoms in total. The molecule has 2 N–H and O–H groups in total. The Kier molecular flexibility index (Phi) is 4.37. The number of aryl methyl sites for hydroxylation is 1. The van der Waals surface area contributed by atoms with E-state index in [1.807, 2.05) is 52.0 Å². The molecule has 0 saturated carbocycles. The lowest BCUT2D eigenvalue weighted by Crippen LogP contribution is -2.22. The van der Waals surface area contributed by atoms with Crippen molar-refractivity contribution in [2.75, 3.05) is 11.6 Å². The molecule has 0 fully saturated rings. The zero-order chi connectivity index (χ0) is 15.6. The Hall–Kier alpha value is -1.82. The molecule has 0 atom stereocenters. The van der Waals surface area contributed by atoms with Gasteiger partial charge in [-0.3, -0.25) is 4.79 Å². The maximum absolute atomic E-state index is 11.9. The summed E-state index contributed by atoms with van der Waals surface area (Å²) in [5.74, 6) is 7.13. The van der Waals surface area contributed by atoms with Crippen LogP contribution in [0, 0.1) is 12.3 Å². The normalized spacial score (nSPS) is 11.6. The lowest BCUT2D eigenvalue weighted by atomic mass is 9.92. The number of nitrogens with two attached hydrogens (primary N) is 1. The number of Topliss-reactive ketones (excluding diaryl/α,β-unsaturated/α-hetero) is 1. The Bertz CT molecular complexity index is 641. The molecule has 0 amide bonds. The minimum Gasteiger partial charge on any atom is -0.335 e. The highest BCUT2D eigenvalue weighted by molar-refractivity contribution is 7.99. The largest absolute Gasteiger partial charge is 0.335 e. The minimum atomic E-state index is -0.355. The third-order valence-corrected chi connectivity index (χ3v) is 4.09. The molecule has 1 aromatic heterocycles. The summed E-state index contributed by atoms with van der Waals surface area (Å²) in [5.41, 5.74) is 1.73. The maximum atomic E-state index is 11.9. The van der Waals surface area contributed by atoms with Gasteiger partial charge < -0.3 is 5.84 Å². The summed E-state index contributed by atoms with van der Waals surface area (Å²) in [6.45, 7) is 7.73. The van der Waals surface area contributed by atoms with Gasteiger partial charge in [-0.1, -0.05) is 62.4 Å². The number of thioether (sulfide) groups is 1. The van der Waals surface area contributed by atoms with Gasteiger partial charge in [-0.15, -0.1) is 10.2 Å². The fourth-order valence-corrected chi connectivity index (χ4v) is 2.64. The standard InChI is InChI=1S/C15H20N4OS/c1-10-5-7-11(8-6-10)13-17-18-14(19(13)16)21-9-12(20)15(2,3)4/h5-8H,9,16H2,1-4H3. The van der Waals surface area contributed by atoms with Crippen molar-refractivity contribution in [1.29, 1.82) is 0 Å². The summed E-state index contributed by atoms with van der Waals surface area (Å²) >= 11 is 1.32. The zero-order valence-electron chi connectivity index (χ0n) is 12.8. The molecule has 0 spiro atoms. The quantitative estimate of drug-likeness (QED) is 0.694. The van der Waals surface area contributed by atoms with Gasteiger partial charge in [0.25, 0.3) is 0 Å². The van der Waals surface area contributed by atoms with Gasteiger partial charge in [0, 0.05) is 11.0 Å². The van der Waals surface area contributed by atoms with Crippen LogP contribution in [-0.2, 0) is 4.79 Å². The van der Waals surface area contributed by atoms with Crippen LogP contribution in [0.2, 0.25) is 0 Å². The monoisotopic (exact) mass is 304 g/mol. The first kappa shape index (κ1) is 15.6. The highest BCUT2D eigenvalue weighted by Gasteiger charge is 2.22. The van der Waals surface area contributed by atoms with E-state index in [2.05, 4.69) is 10.2 Å². The number of nitrogen functional groups attached to an aromatic ring is 1. The number of benzene rings is 1. The molecule has 2 rings (SSSR count). The van der Waals surface area contributed by atoms with Gasteiger partial charge in [0.05, 0.1) is 5.75 Å². The second kappa shape index (κ2) is 5.89. The number of aromatic nitrogens is 3. The van der Waals surface area contributed by atoms with Crippen molar-refractivity contribution >= 4 is 17.5 Å². The van der Waals surface area contributed by atoms with Crippen LogP contribution in [0.5, 0.6) is 0 Å². The first-order chi connectivity index (χ1) is 9.79. The number of rotatable bonds is 4. The van der Waals surface area contributed by atoms with Gasteiger partial charge in [-0.2, -0.15) is 0 Å². The first-order valence-electron chi connectivity index (χ1n) is 6.72. The zero-order valence-corrected chi connectivity index (χ0v) is 13.6. The molecule has 0 bridgehead atoms. The van der Waals surface area contributed by atoms with Crippen LogP contribution in [0.3, 0.4) is 0 Å². The third kappa shape index (κ3) is 3.64. The predicted octanol–water partition coefficient (Wildman–Crippen LogP) is 2.67. The Morgan fingerprint density at radius 2 is 1.86 bits per heavy atom. The molecule has 0 saturated heterocycles. The van der Waals surface area contributed by atoms with Gasteiger partial charge in [0.2, 0.25) is 5.16 Å². The molecule has 0 aliphatic rings. The SMILES string of the molecule is Cc1ccc(-c2nnc(SCC(=O)C(C)(C)C)n2N)cc1. The minimum absolute atomic E-state index is 0.160. The van der Waals surface area contributed by atoms with Crippen LogP contribution < -0.4 is 5.84 Å². The van der Waals surface area contributed by atoms with E-state index in [1.54, 1.807) is 0 Å². The van der Waals surface area contributed by atoms with Crippen molar-refractivity contribution in [2.24, 2.45) is 5.41 Å². The smallest absolute Gasteiger partial charge is 0.210 e. The molecule has 6 heteroatoms. The molecule has 0 radical (unpaired) electrons. The van der Waals surface area contributed by atoms with Crippen LogP contribution in [0.1, 0.15) is 26.3 Å². The molecule has 21 heavy (non-hydrogen) atoms. The lowest BCUT2D eigenvalue weighted by Gasteiger charge is -2.15. The van der Waals surface area contributed by atoms with Crippen molar-refractivity contribution in [3.63, 3.8) is 0 Å². The van der Waals surface area contributed by atoms with Crippen molar-refractivity contribution in [3.8, 4) is 11.4 Å². The number of ketones is 1. The molecule has 0 aliphatic heterocycles. The van der Waals surface area contributed by atoms with E-state index in [1.165, 1.54) is 22.0 Å². The molecular formula is C15H20N4OS. The van der Waals surface area contributed by atoms with Crippen LogP contribution in [0.15, 0.2) is 29.4 Å². The summed E-state index contributed by atoms with van der Waals surface area (Å²) in [7, 11) is 0. The van der Waals surface area contributed by atoms with Gasteiger partial charge >= 0.3 is 0 Å². The number of carbonyl (C=O) groups is 1. The van der Waals surface area contributed by atoms with Crippen molar-refractivity contribution in [3.05, 3.63) is 29.8 Å². The fraction of sp³-hybridized carbons (Fsp3) is 0.400. The second-order valence-electron chi connectivity index (χ2n) is 6.00. The number of hydrogen-bond acceptors (Lipinski definition) is 5. The summed E-state index contributed by atoms with van der Waals surface area (Å²) in [6, 6.07) is 7.91. The summed E-state index contributed by atoms with van der Waals surface area (Å²) in [6.07, 6.45) is 0. The average molecular weight is 304 g/mol. The predicted molar refractivity (Wildman–Crippen MR) is 85.5 cm³/mol. The summed E-state index contributed by atoms with van der Waals surface area (Å²) in [4.78, 5) is 11.9. The highest BCUT2D eigenvalue weighted by atomic mass is 32.2. The number of hydrogen-bond donors (Lipinski definition) is 1. The third-order valence-electron chi connectivity index (χ3n) is 3.14. The van der Waals surface area contributed by atoms with E-state index >= 15 is 0 Å². The Morgan fingerprint density at radius 3 is 2.43 bits per heavy atom. The van der Waals surface area contributed by atoms with Crippen LogP contribution in [0.25, 0.3) is 11.4 Å². The van der Waals surface area contributed by atoms with E-state index < -0.39 is 0 Å². The fourth-order valence-electron chi connectivity index (χ4n) is 1.62. The molecular weight excluding hydrogens is 284 g/mol. The molecule has 1 aromatic carbocycles. The maximum Gasteiger partial charge on any atom is 0.210 e. The van der Waals surface area contributed by atoms with E-state index in [0.717, 1.165) is 5.56 Å². The molecule has 1 heterocycles. The molecule has 0 aliphatic carbocycles. The van der Waals surface area contributed by atoms with E-state index in [-0.39, 0.29) is 11.2 Å². The van der Waals surface area contributed by atoms with Crippen LogP contribution >= 0.6 is 11.8 Å². The van der Waals surface area contributed by atoms with E-state index in [9.17, 15) is 4.79 Å². The molecule has 2 aromatic rings. The summed E-state index contributed by atoms with van der Waals surface area (Å²) in [5, 5.41) is 8.72. The number of carbonyl (C=O) groups excluding carboxylic acids is 1. The highest BCUT2D eigenvalue weighted by Crippen LogP contribution is 2.24. The molecule has 0 unspecified atom stereocenters. The Balaban J connectivity index is 2.14. The van der Waals surface area contributed by atoms with Gasteiger partial charge in [-0.25, -0.2) is 4.68 Å². The number of nitrogens with zero attached hydrogens (tertiary/aromatic N) is 3. The van der Waals surface area contributed by atoms with Gasteiger partial charge in [0.1, 0.15) is 5.78 Å². The van der Waals surface area contributed by atoms with Crippen molar-refractivity contribution in [1.82, 2.24) is 14.9 Å². The van der Waals surface area contributed by atoms with Crippen LogP contribution in [0.4, 0.5) is 0 Å². The molecule has 112 valence electrons. The first-order valence-corrected chi connectivity index (χ1v) is 7.71.